The fourth-order valence-electron chi connectivity index (χ4n) is 4.60. The zero-order valence-corrected chi connectivity index (χ0v) is 19.9. The van der Waals surface area contributed by atoms with Crippen molar-refractivity contribution < 1.29 is 18.0 Å². The van der Waals surface area contributed by atoms with Crippen LogP contribution in [0.3, 0.4) is 0 Å². The summed E-state index contributed by atoms with van der Waals surface area (Å²) < 4.78 is 27.2. The molecule has 1 saturated heterocycles. The van der Waals surface area contributed by atoms with Gasteiger partial charge in [-0.15, -0.1) is 0 Å². The van der Waals surface area contributed by atoms with E-state index in [2.05, 4.69) is 5.32 Å². The molecule has 1 N–H and O–H groups in total. The smallest absolute Gasteiger partial charge is 0.249 e. The van der Waals surface area contributed by atoms with Gasteiger partial charge in [0.25, 0.3) is 0 Å². The topological polar surface area (TPSA) is 111 Å². The minimum Gasteiger partial charge on any atom is -0.344 e. The maximum Gasteiger partial charge on any atom is 0.249 e. The van der Waals surface area contributed by atoms with Gasteiger partial charge < -0.3 is 10.2 Å². The summed E-state index contributed by atoms with van der Waals surface area (Å²) in [5, 5.41) is 11.8. The van der Waals surface area contributed by atoms with Crippen molar-refractivity contribution in [2.75, 3.05) is 24.5 Å². The van der Waals surface area contributed by atoms with Crippen LogP contribution in [0.2, 0.25) is 0 Å². The van der Waals surface area contributed by atoms with E-state index in [4.69, 9.17) is 5.26 Å². The number of benzene rings is 2. The van der Waals surface area contributed by atoms with E-state index in [1.807, 2.05) is 30.3 Å². The van der Waals surface area contributed by atoms with E-state index >= 15 is 0 Å². The molecule has 2 aromatic carbocycles. The van der Waals surface area contributed by atoms with Gasteiger partial charge in [-0.3, -0.25) is 9.59 Å². The molecule has 0 bridgehead atoms. The van der Waals surface area contributed by atoms with Crippen LogP contribution in [0.15, 0.2) is 53.4 Å². The van der Waals surface area contributed by atoms with Gasteiger partial charge in [-0.25, -0.2) is 8.42 Å². The van der Waals surface area contributed by atoms with Crippen molar-refractivity contribution in [3.63, 3.8) is 0 Å². The minimum absolute atomic E-state index is 0.135. The maximum atomic E-state index is 13.1. The lowest BCUT2D eigenvalue weighted by Gasteiger charge is -2.33. The molecule has 1 atom stereocenters. The molecule has 2 heterocycles. The molecule has 34 heavy (non-hydrogen) atoms. The monoisotopic (exact) mass is 480 g/mol. The van der Waals surface area contributed by atoms with Crippen LogP contribution in [0, 0.1) is 17.2 Å². The van der Waals surface area contributed by atoms with Crippen LogP contribution in [-0.2, 0) is 26.0 Å². The minimum atomic E-state index is -3.68. The number of hydrogen-bond donors (Lipinski definition) is 1. The largest absolute Gasteiger partial charge is 0.344 e. The molecule has 8 nitrogen and oxygen atoms in total. The molecule has 4 rings (SSSR count). The normalized spacial score (nSPS) is 17.9. The number of para-hydroxylation sites is 1. The average Bonchev–Trinajstić information content (AvgIpc) is 2.88. The number of rotatable bonds is 5. The van der Waals surface area contributed by atoms with Gasteiger partial charge >= 0.3 is 0 Å². The molecule has 0 aromatic heterocycles. The van der Waals surface area contributed by atoms with E-state index in [1.54, 1.807) is 11.8 Å². The second-order valence-electron chi connectivity index (χ2n) is 8.77. The molecule has 2 amide bonds. The third-order valence-electron chi connectivity index (χ3n) is 6.55. The summed E-state index contributed by atoms with van der Waals surface area (Å²) >= 11 is 0. The van der Waals surface area contributed by atoms with E-state index < -0.39 is 16.1 Å². The number of anilines is 1. The molecule has 0 saturated carbocycles. The molecule has 9 heteroatoms. The lowest BCUT2D eigenvalue weighted by atomic mass is 9.96. The molecular formula is C25H28N4O4S. The second-order valence-corrected chi connectivity index (χ2v) is 10.7. The fraction of sp³-hybridized carbons (Fsp3) is 0.400. The Morgan fingerprint density at radius 3 is 2.41 bits per heavy atom. The van der Waals surface area contributed by atoms with Crippen LogP contribution >= 0.6 is 0 Å². The Hall–Kier alpha value is -3.22. The van der Waals surface area contributed by atoms with E-state index in [0.717, 1.165) is 24.1 Å². The number of nitrogens with zero attached hydrogens (tertiary/aromatic N) is 3. The molecular weight excluding hydrogens is 452 g/mol. The van der Waals surface area contributed by atoms with Gasteiger partial charge in [-0.05, 0) is 68.5 Å². The summed E-state index contributed by atoms with van der Waals surface area (Å²) in [6.45, 7) is 2.77. The number of nitrogens with one attached hydrogen (secondary N) is 1. The molecule has 2 aliphatic heterocycles. The van der Waals surface area contributed by atoms with Crippen LogP contribution in [-0.4, -0.2) is 50.2 Å². The Bertz CT molecular complexity index is 1210. The number of piperidine rings is 1. The third-order valence-corrected chi connectivity index (χ3v) is 8.46. The van der Waals surface area contributed by atoms with E-state index in [-0.39, 0.29) is 35.7 Å². The Morgan fingerprint density at radius 1 is 1.06 bits per heavy atom. The first kappa shape index (κ1) is 23.9. The highest BCUT2D eigenvalue weighted by atomic mass is 32.2. The second kappa shape index (κ2) is 9.95. The van der Waals surface area contributed by atoms with Gasteiger partial charge in [0.2, 0.25) is 21.8 Å². The number of nitriles is 1. The van der Waals surface area contributed by atoms with Crippen molar-refractivity contribution in [1.29, 1.82) is 5.26 Å². The number of aryl methyl sites for hydroxylation is 1. The summed E-state index contributed by atoms with van der Waals surface area (Å²) in [5.41, 5.74) is 2.43. The van der Waals surface area contributed by atoms with Crippen molar-refractivity contribution >= 4 is 27.5 Å². The number of amides is 2. The van der Waals surface area contributed by atoms with E-state index in [9.17, 15) is 18.0 Å². The van der Waals surface area contributed by atoms with Crippen molar-refractivity contribution in [1.82, 2.24) is 9.62 Å². The Kier molecular flexibility index (Phi) is 7.00. The Morgan fingerprint density at radius 2 is 1.74 bits per heavy atom. The third kappa shape index (κ3) is 4.83. The summed E-state index contributed by atoms with van der Waals surface area (Å²) in [6, 6.07) is 15.0. The van der Waals surface area contributed by atoms with Gasteiger partial charge in [0.05, 0.1) is 16.5 Å². The Balaban J connectivity index is 1.34. The lowest BCUT2D eigenvalue weighted by molar-refractivity contribution is -0.130. The van der Waals surface area contributed by atoms with Crippen molar-refractivity contribution in [2.45, 2.75) is 43.5 Å². The van der Waals surface area contributed by atoms with Crippen molar-refractivity contribution in [3.8, 4) is 6.07 Å². The number of carbonyl (C=O) groups excluding carboxylic acids is 2. The zero-order valence-electron chi connectivity index (χ0n) is 19.1. The predicted octanol–water partition coefficient (Wildman–Crippen LogP) is 2.44. The lowest BCUT2D eigenvalue weighted by Crippen LogP contribution is -2.51. The maximum absolute atomic E-state index is 13.1. The number of hydrogen-bond acceptors (Lipinski definition) is 5. The molecule has 1 fully saturated rings. The van der Waals surface area contributed by atoms with Gasteiger partial charge in [-0.1, -0.05) is 18.2 Å². The molecule has 0 spiro atoms. The first-order valence-electron chi connectivity index (χ1n) is 11.5. The van der Waals surface area contributed by atoms with Crippen LogP contribution < -0.4 is 10.2 Å². The molecule has 2 aliphatic rings. The van der Waals surface area contributed by atoms with Gasteiger partial charge in [0, 0.05) is 31.2 Å². The first-order valence-corrected chi connectivity index (χ1v) is 12.9. The van der Waals surface area contributed by atoms with E-state index in [1.165, 1.54) is 28.6 Å². The fourth-order valence-corrected chi connectivity index (χ4v) is 6.07. The van der Waals surface area contributed by atoms with Crippen LogP contribution in [0.4, 0.5) is 5.69 Å². The highest BCUT2D eigenvalue weighted by Gasteiger charge is 2.34. The average molecular weight is 481 g/mol. The number of sulfonamides is 1. The van der Waals surface area contributed by atoms with Crippen LogP contribution in [0.25, 0.3) is 0 Å². The highest BCUT2D eigenvalue weighted by molar-refractivity contribution is 7.89. The molecule has 0 radical (unpaired) electrons. The van der Waals surface area contributed by atoms with Gasteiger partial charge in [-0.2, -0.15) is 9.57 Å². The summed E-state index contributed by atoms with van der Waals surface area (Å²) in [6.07, 6.45) is 2.59. The number of carbonyl (C=O) groups is 2. The summed E-state index contributed by atoms with van der Waals surface area (Å²) in [5.74, 6) is -0.709. The van der Waals surface area contributed by atoms with Crippen LogP contribution in [0.5, 0.6) is 0 Å². The van der Waals surface area contributed by atoms with Gasteiger partial charge in [0.1, 0.15) is 6.04 Å². The van der Waals surface area contributed by atoms with Crippen molar-refractivity contribution in [3.05, 3.63) is 59.7 Å². The molecule has 178 valence electrons. The highest BCUT2D eigenvalue weighted by Crippen LogP contribution is 2.28. The summed E-state index contributed by atoms with van der Waals surface area (Å²) in [7, 11) is -3.68. The quantitative estimate of drug-likeness (QED) is 0.707. The standard InChI is InChI=1S/C25H28N4O4S/c1-18(25(31)29-14-4-6-20-5-2-3-7-23(20)29)27-24(30)21-12-15-28(16-13-21)34(32,33)22-10-8-19(17-26)9-11-22/h2-3,5,7-11,18,21H,4,6,12-16H2,1H3,(H,27,30). The van der Waals surface area contributed by atoms with E-state index in [0.29, 0.717) is 24.9 Å². The predicted molar refractivity (Wildman–Crippen MR) is 127 cm³/mol. The molecule has 0 aliphatic carbocycles. The number of fused-ring (bicyclic) bond motifs is 1. The molecule has 1 unspecified atom stereocenters. The zero-order chi connectivity index (χ0) is 24.3. The van der Waals surface area contributed by atoms with Crippen LogP contribution in [0.1, 0.15) is 37.3 Å². The molecule has 2 aromatic rings. The van der Waals surface area contributed by atoms with Crippen molar-refractivity contribution in [2.24, 2.45) is 5.92 Å². The van der Waals surface area contributed by atoms with Gasteiger partial charge in [0.15, 0.2) is 0 Å². The summed E-state index contributed by atoms with van der Waals surface area (Å²) in [4.78, 5) is 27.8. The first-order chi connectivity index (χ1) is 16.3. The Labute approximate surface area is 200 Å². The SMILES string of the molecule is CC(NC(=O)C1CCN(S(=O)(=O)c2ccc(C#N)cc2)CC1)C(=O)N1CCCc2ccccc21.